The van der Waals surface area contributed by atoms with Crippen LogP contribution >= 0.6 is 15.9 Å². The molecule has 0 saturated heterocycles. The van der Waals surface area contributed by atoms with Gasteiger partial charge in [-0.2, -0.15) is 0 Å². The van der Waals surface area contributed by atoms with Crippen LogP contribution in [0.2, 0.25) is 0 Å². The molecular formula is C14H19BrN2O5S. The molecule has 0 atom stereocenters. The average molecular weight is 407 g/mol. The topological polar surface area (TPSA) is 92.8 Å². The fourth-order valence-electron chi connectivity index (χ4n) is 1.69. The Bertz CT molecular complexity index is 663. The van der Waals surface area contributed by atoms with Gasteiger partial charge in [-0.1, -0.05) is 22.0 Å². The highest BCUT2D eigenvalue weighted by Crippen LogP contribution is 2.15. The Morgan fingerprint density at radius 3 is 2.61 bits per heavy atom. The predicted octanol–water partition coefficient (Wildman–Crippen LogP) is 1.14. The summed E-state index contributed by atoms with van der Waals surface area (Å²) in [7, 11) is -0.830. The van der Waals surface area contributed by atoms with Crippen molar-refractivity contribution in [2.45, 2.75) is 17.7 Å². The number of rotatable bonds is 8. The summed E-state index contributed by atoms with van der Waals surface area (Å²) in [6.07, 6.45) is 0.105. The Morgan fingerprint density at radius 2 is 2.00 bits per heavy atom. The molecule has 23 heavy (non-hydrogen) atoms. The molecule has 1 N–H and O–H groups in total. The second kappa shape index (κ2) is 8.99. The van der Waals surface area contributed by atoms with Crippen molar-refractivity contribution in [2.24, 2.45) is 0 Å². The molecule has 0 unspecified atom stereocenters. The quantitative estimate of drug-likeness (QED) is 0.653. The van der Waals surface area contributed by atoms with Crippen LogP contribution in [-0.4, -0.2) is 52.4 Å². The first-order valence-corrected chi connectivity index (χ1v) is 9.10. The number of ether oxygens (including phenoxy) is 1. The summed E-state index contributed by atoms with van der Waals surface area (Å²) in [5.74, 6) is -0.661. The Kier molecular flexibility index (Phi) is 7.66. The van der Waals surface area contributed by atoms with Gasteiger partial charge < -0.3 is 9.64 Å². The minimum atomic E-state index is -3.66. The van der Waals surface area contributed by atoms with Crippen LogP contribution in [0, 0.1) is 0 Å². The monoisotopic (exact) mass is 406 g/mol. The first kappa shape index (κ1) is 19.6. The molecule has 0 saturated carbocycles. The smallest absolute Gasteiger partial charge is 0.307 e. The van der Waals surface area contributed by atoms with E-state index in [0.29, 0.717) is 4.47 Å². The summed E-state index contributed by atoms with van der Waals surface area (Å²) in [6.45, 7) is 0.208. The molecule has 0 aromatic heterocycles. The predicted molar refractivity (Wildman–Crippen MR) is 88.2 cm³/mol. The molecule has 1 aromatic rings. The van der Waals surface area contributed by atoms with E-state index < -0.39 is 16.0 Å². The zero-order chi connectivity index (χ0) is 17.5. The summed E-state index contributed by atoms with van der Waals surface area (Å²) in [5, 5.41) is 0. The van der Waals surface area contributed by atoms with Gasteiger partial charge in [-0.25, -0.2) is 13.1 Å². The number of nitrogens with one attached hydrogen (secondary N) is 1. The molecular weight excluding hydrogens is 388 g/mol. The number of benzene rings is 1. The highest BCUT2D eigenvalue weighted by molar-refractivity contribution is 9.10. The number of hydrogen-bond donors (Lipinski definition) is 1. The molecule has 0 aliphatic carbocycles. The van der Waals surface area contributed by atoms with E-state index in [1.807, 2.05) is 0 Å². The van der Waals surface area contributed by atoms with Gasteiger partial charge in [0.05, 0.1) is 18.4 Å². The van der Waals surface area contributed by atoms with Gasteiger partial charge in [-0.3, -0.25) is 9.59 Å². The minimum Gasteiger partial charge on any atom is -0.469 e. The van der Waals surface area contributed by atoms with Crippen LogP contribution in [0.1, 0.15) is 12.8 Å². The van der Waals surface area contributed by atoms with E-state index in [1.54, 1.807) is 19.2 Å². The summed E-state index contributed by atoms with van der Waals surface area (Å²) in [4.78, 5) is 24.4. The molecule has 0 bridgehead atoms. The number of hydrogen-bond acceptors (Lipinski definition) is 5. The number of halogens is 1. The second-order valence-corrected chi connectivity index (χ2v) is 7.43. The Labute approximate surface area is 144 Å². The lowest BCUT2D eigenvalue weighted by Crippen LogP contribution is -2.33. The van der Waals surface area contributed by atoms with Crippen LogP contribution < -0.4 is 4.72 Å². The molecule has 0 heterocycles. The second-order valence-electron chi connectivity index (χ2n) is 4.75. The van der Waals surface area contributed by atoms with Crippen LogP contribution in [0.15, 0.2) is 33.6 Å². The SMILES string of the molecule is COC(=O)CCN(C)C(=O)CCNS(=O)(=O)c1cccc(Br)c1. The van der Waals surface area contributed by atoms with Crippen LogP contribution in [0.5, 0.6) is 0 Å². The Hall–Kier alpha value is -1.45. The van der Waals surface area contributed by atoms with Crippen molar-refractivity contribution >= 4 is 37.8 Å². The van der Waals surface area contributed by atoms with Crippen molar-refractivity contribution in [1.29, 1.82) is 0 Å². The van der Waals surface area contributed by atoms with Gasteiger partial charge in [-0.15, -0.1) is 0 Å². The normalized spacial score (nSPS) is 11.1. The van der Waals surface area contributed by atoms with Crippen LogP contribution in [-0.2, 0) is 24.3 Å². The number of carbonyl (C=O) groups is 2. The average Bonchev–Trinajstić information content (AvgIpc) is 2.51. The van der Waals surface area contributed by atoms with E-state index >= 15 is 0 Å². The number of nitrogens with zero attached hydrogens (tertiary/aromatic N) is 1. The van der Waals surface area contributed by atoms with E-state index in [2.05, 4.69) is 25.4 Å². The third-order valence-corrected chi connectivity index (χ3v) is 4.99. The van der Waals surface area contributed by atoms with Crippen molar-refractivity contribution in [3.8, 4) is 0 Å². The van der Waals surface area contributed by atoms with Crippen LogP contribution in [0.4, 0.5) is 0 Å². The Balaban J connectivity index is 2.46. The number of sulfonamides is 1. The summed E-state index contributed by atoms with van der Waals surface area (Å²) in [5.41, 5.74) is 0. The molecule has 1 amide bonds. The fraction of sp³-hybridized carbons (Fsp3) is 0.429. The molecule has 1 aromatic carbocycles. The summed E-state index contributed by atoms with van der Waals surface area (Å²) in [6, 6.07) is 6.28. The number of amides is 1. The molecule has 0 aliphatic rings. The molecule has 128 valence electrons. The van der Waals surface area contributed by atoms with E-state index in [1.165, 1.54) is 24.1 Å². The molecule has 1 rings (SSSR count). The van der Waals surface area contributed by atoms with Gasteiger partial charge in [0.2, 0.25) is 15.9 Å². The van der Waals surface area contributed by atoms with E-state index in [4.69, 9.17) is 0 Å². The maximum absolute atomic E-state index is 12.1. The van der Waals surface area contributed by atoms with Crippen molar-refractivity contribution in [2.75, 3.05) is 27.2 Å². The number of carbonyl (C=O) groups excluding carboxylic acids is 2. The highest BCUT2D eigenvalue weighted by Gasteiger charge is 2.16. The molecule has 0 aliphatic heterocycles. The molecule has 7 nitrogen and oxygen atoms in total. The summed E-state index contributed by atoms with van der Waals surface area (Å²) >= 11 is 3.21. The lowest BCUT2D eigenvalue weighted by Gasteiger charge is -2.16. The maximum atomic E-state index is 12.1. The molecule has 0 radical (unpaired) electrons. The number of esters is 1. The lowest BCUT2D eigenvalue weighted by atomic mass is 10.3. The summed E-state index contributed by atoms with van der Waals surface area (Å²) < 4.78 is 31.7. The molecule has 0 spiro atoms. The van der Waals surface area contributed by atoms with Gasteiger partial charge in [0.25, 0.3) is 0 Å². The fourth-order valence-corrected chi connectivity index (χ4v) is 3.31. The van der Waals surface area contributed by atoms with Gasteiger partial charge in [-0.05, 0) is 18.2 Å². The van der Waals surface area contributed by atoms with E-state index in [0.717, 1.165) is 0 Å². The van der Waals surface area contributed by atoms with Gasteiger partial charge >= 0.3 is 5.97 Å². The van der Waals surface area contributed by atoms with Crippen LogP contribution in [0.3, 0.4) is 0 Å². The van der Waals surface area contributed by atoms with Crippen molar-refractivity contribution in [3.05, 3.63) is 28.7 Å². The minimum absolute atomic E-state index is 0.00487. The van der Waals surface area contributed by atoms with E-state index in [9.17, 15) is 18.0 Å². The first-order chi connectivity index (χ1) is 10.8. The molecule has 9 heteroatoms. The first-order valence-electron chi connectivity index (χ1n) is 6.82. The van der Waals surface area contributed by atoms with Gasteiger partial charge in [0.15, 0.2) is 0 Å². The third-order valence-electron chi connectivity index (χ3n) is 3.04. The highest BCUT2D eigenvalue weighted by atomic mass is 79.9. The Morgan fingerprint density at radius 1 is 1.30 bits per heavy atom. The zero-order valence-corrected chi connectivity index (χ0v) is 15.3. The van der Waals surface area contributed by atoms with Gasteiger partial charge in [0.1, 0.15) is 0 Å². The van der Waals surface area contributed by atoms with Crippen molar-refractivity contribution in [1.82, 2.24) is 9.62 Å². The third kappa shape index (κ3) is 6.67. The van der Waals surface area contributed by atoms with Crippen molar-refractivity contribution in [3.63, 3.8) is 0 Å². The van der Waals surface area contributed by atoms with Crippen molar-refractivity contribution < 1.29 is 22.7 Å². The standard InChI is InChI=1S/C14H19BrN2O5S/c1-17(9-7-14(19)22-2)13(18)6-8-16-23(20,21)12-5-3-4-11(15)10-12/h3-5,10,16H,6-9H2,1-2H3. The zero-order valence-electron chi connectivity index (χ0n) is 12.9. The number of methoxy groups -OCH3 is 1. The van der Waals surface area contributed by atoms with Gasteiger partial charge in [0, 0.05) is 31.0 Å². The molecule has 0 fully saturated rings. The lowest BCUT2D eigenvalue weighted by molar-refractivity contribution is -0.141. The largest absolute Gasteiger partial charge is 0.469 e. The maximum Gasteiger partial charge on any atom is 0.307 e. The van der Waals surface area contributed by atoms with E-state index in [-0.39, 0.29) is 36.7 Å². The van der Waals surface area contributed by atoms with Crippen LogP contribution in [0.25, 0.3) is 0 Å².